The Morgan fingerprint density at radius 3 is 2.60 bits per heavy atom. The highest BCUT2D eigenvalue weighted by molar-refractivity contribution is 5.88. The van der Waals surface area contributed by atoms with Crippen molar-refractivity contribution in [3.63, 3.8) is 0 Å². The predicted octanol–water partition coefficient (Wildman–Crippen LogP) is 1.59. The summed E-state index contributed by atoms with van der Waals surface area (Å²) >= 11 is 0. The van der Waals surface area contributed by atoms with Crippen LogP contribution in [0.2, 0.25) is 0 Å². The second-order valence-electron chi connectivity index (χ2n) is 4.12. The van der Waals surface area contributed by atoms with Gasteiger partial charge in [0.2, 0.25) is 0 Å². The van der Waals surface area contributed by atoms with E-state index in [0.29, 0.717) is 19.7 Å². The number of ether oxygens (including phenoxy) is 1. The Bertz CT molecular complexity index is 528. The van der Waals surface area contributed by atoms with E-state index in [1.165, 1.54) is 12.1 Å². The fourth-order valence-electron chi connectivity index (χ4n) is 1.50. The average molecular weight is 276 g/mol. The van der Waals surface area contributed by atoms with Crippen LogP contribution in [0.1, 0.15) is 12.5 Å². The molecule has 1 rings (SSSR count). The standard InChI is InChI=1S/C14H16N2O4/c1-3-20-14(17)5-4-10-15(2)11-12-6-8-13(9-7-12)16(18)19/h6-9H,3,10-11H2,1-2H3. The van der Waals surface area contributed by atoms with Crippen LogP contribution in [0, 0.1) is 22.0 Å². The summed E-state index contributed by atoms with van der Waals surface area (Å²) in [7, 11) is 1.85. The Morgan fingerprint density at radius 2 is 2.05 bits per heavy atom. The van der Waals surface area contributed by atoms with Crippen molar-refractivity contribution in [2.45, 2.75) is 13.5 Å². The van der Waals surface area contributed by atoms with Crippen molar-refractivity contribution in [1.82, 2.24) is 4.90 Å². The maximum atomic E-state index is 11.0. The van der Waals surface area contributed by atoms with Crippen LogP contribution in [0.3, 0.4) is 0 Å². The molecule has 0 unspecified atom stereocenters. The Hall–Kier alpha value is -2.39. The van der Waals surface area contributed by atoms with Crippen molar-refractivity contribution >= 4 is 11.7 Å². The molecule has 0 bridgehead atoms. The van der Waals surface area contributed by atoms with Crippen LogP contribution in [-0.4, -0.2) is 36.0 Å². The number of nitrogens with zero attached hydrogens (tertiary/aromatic N) is 2. The van der Waals surface area contributed by atoms with Gasteiger partial charge >= 0.3 is 5.97 Å². The number of rotatable bonds is 5. The van der Waals surface area contributed by atoms with Crippen LogP contribution in [-0.2, 0) is 16.1 Å². The highest BCUT2D eigenvalue weighted by Crippen LogP contribution is 2.12. The van der Waals surface area contributed by atoms with Gasteiger partial charge in [0.15, 0.2) is 0 Å². The minimum atomic E-state index is -0.531. The fourth-order valence-corrected chi connectivity index (χ4v) is 1.50. The van der Waals surface area contributed by atoms with E-state index in [4.69, 9.17) is 0 Å². The van der Waals surface area contributed by atoms with Crippen molar-refractivity contribution < 1.29 is 14.5 Å². The zero-order chi connectivity index (χ0) is 15.0. The van der Waals surface area contributed by atoms with Crippen LogP contribution in [0.4, 0.5) is 5.69 Å². The summed E-state index contributed by atoms with van der Waals surface area (Å²) < 4.78 is 4.68. The zero-order valence-electron chi connectivity index (χ0n) is 11.5. The summed E-state index contributed by atoms with van der Waals surface area (Å²) in [6, 6.07) is 6.34. The van der Waals surface area contributed by atoms with Gasteiger partial charge in [0, 0.05) is 24.6 Å². The molecule has 0 fully saturated rings. The maximum absolute atomic E-state index is 11.0. The molecule has 0 aliphatic heterocycles. The monoisotopic (exact) mass is 276 g/mol. The molecule has 0 heterocycles. The number of nitro groups is 1. The SMILES string of the molecule is CCOC(=O)C#CCN(C)Cc1ccc([N+](=O)[O-])cc1. The average Bonchev–Trinajstić information content (AvgIpc) is 2.39. The summed E-state index contributed by atoms with van der Waals surface area (Å²) in [6.07, 6.45) is 0. The lowest BCUT2D eigenvalue weighted by molar-refractivity contribution is -0.384. The molecule has 0 radical (unpaired) electrons. The van der Waals surface area contributed by atoms with Crippen molar-refractivity contribution in [2.24, 2.45) is 0 Å². The van der Waals surface area contributed by atoms with Gasteiger partial charge in [-0.3, -0.25) is 15.0 Å². The van der Waals surface area contributed by atoms with E-state index < -0.39 is 10.9 Å². The molecule has 0 amide bonds. The second kappa shape index (κ2) is 7.92. The number of carbonyl (C=O) groups excluding carboxylic acids is 1. The normalized spacial score (nSPS) is 9.75. The molecule has 20 heavy (non-hydrogen) atoms. The lowest BCUT2D eigenvalue weighted by Crippen LogP contribution is -2.18. The number of non-ortho nitro benzene ring substituents is 1. The molecule has 0 aliphatic rings. The minimum Gasteiger partial charge on any atom is -0.456 e. The third-order valence-electron chi connectivity index (χ3n) is 2.41. The van der Waals surface area contributed by atoms with Crippen LogP contribution in [0.15, 0.2) is 24.3 Å². The topological polar surface area (TPSA) is 72.7 Å². The smallest absolute Gasteiger partial charge is 0.384 e. The van der Waals surface area contributed by atoms with Gasteiger partial charge in [0.25, 0.3) is 5.69 Å². The summed E-state index contributed by atoms with van der Waals surface area (Å²) in [5.74, 6) is 4.56. The van der Waals surface area contributed by atoms with Gasteiger partial charge in [-0.25, -0.2) is 4.79 Å². The lowest BCUT2D eigenvalue weighted by Gasteiger charge is -2.12. The fraction of sp³-hybridized carbons (Fsp3) is 0.357. The van der Waals surface area contributed by atoms with Gasteiger partial charge in [-0.1, -0.05) is 18.1 Å². The quantitative estimate of drug-likeness (QED) is 0.268. The number of hydrogen-bond acceptors (Lipinski definition) is 5. The van der Waals surface area contributed by atoms with E-state index in [1.54, 1.807) is 19.1 Å². The molecule has 0 spiro atoms. The van der Waals surface area contributed by atoms with Crippen LogP contribution >= 0.6 is 0 Å². The van der Waals surface area contributed by atoms with E-state index in [1.807, 2.05) is 11.9 Å². The van der Waals surface area contributed by atoms with E-state index in [9.17, 15) is 14.9 Å². The Balaban J connectivity index is 2.48. The molecule has 6 heteroatoms. The van der Waals surface area contributed by atoms with Crippen molar-refractivity contribution in [3.05, 3.63) is 39.9 Å². The molecule has 1 aromatic carbocycles. The van der Waals surface area contributed by atoms with Crippen LogP contribution < -0.4 is 0 Å². The molecule has 6 nitrogen and oxygen atoms in total. The first-order valence-corrected chi connectivity index (χ1v) is 6.10. The molecule has 0 saturated carbocycles. The van der Waals surface area contributed by atoms with Gasteiger partial charge in [0.05, 0.1) is 18.1 Å². The minimum absolute atomic E-state index is 0.0681. The molecule has 0 atom stereocenters. The molecule has 0 aliphatic carbocycles. The molecule has 106 valence electrons. The van der Waals surface area contributed by atoms with Gasteiger partial charge < -0.3 is 4.74 Å². The summed E-state index contributed by atoms with van der Waals surface area (Å²) in [6.45, 7) is 3.04. The number of hydrogen-bond donors (Lipinski definition) is 0. The third kappa shape index (κ3) is 5.50. The molecule has 0 aromatic heterocycles. The van der Waals surface area contributed by atoms with Crippen LogP contribution in [0.5, 0.6) is 0 Å². The maximum Gasteiger partial charge on any atom is 0.384 e. The number of nitro benzene ring substituents is 1. The van der Waals surface area contributed by atoms with Gasteiger partial charge in [-0.2, -0.15) is 0 Å². The predicted molar refractivity (Wildman–Crippen MR) is 73.8 cm³/mol. The van der Waals surface area contributed by atoms with Crippen molar-refractivity contribution in [3.8, 4) is 11.8 Å². The summed E-state index contributed by atoms with van der Waals surface area (Å²) in [4.78, 5) is 23.0. The van der Waals surface area contributed by atoms with E-state index in [-0.39, 0.29) is 5.69 Å². The first-order chi connectivity index (χ1) is 9.52. The molecular weight excluding hydrogens is 260 g/mol. The Kier molecular flexibility index (Phi) is 6.20. The van der Waals surface area contributed by atoms with Crippen molar-refractivity contribution in [2.75, 3.05) is 20.2 Å². The largest absolute Gasteiger partial charge is 0.456 e. The second-order valence-corrected chi connectivity index (χ2v) is 4.12. The molecular formula is C14H16N2O4. The number of esters is 1. The van der Waals surface area contributed by atoms with Gasteiger partial charge in [-0.05, 0) is 19.5 Å². The Morgan fingerprint density at radius 1 is 1.40 bits per heavy atom. The highest BCUT2D eigenvalue weighted by Gasteiger charge is 2.05. The van der Waals surface area contributed by atoms with E-state index in [2.05, 4.69) is 16.6 Å². The lowest BCUT2D eigenvalue weighted by atomic mass is 10.2. The number of benzene rings is 1. The summed E-state index contributed by atoms with van der Waals surface area (Å²) in [5.41, 5.74) is 1.01. The van der Waals surface area contributed by atoms with Crippen molar-refractivity contribution in [1.29, 1.82) is 0 Å². The summed E-state index contributed by atoms with van der Waals surface area (Å²) in [5, 5.41) is 10.5. The first-order valence-electron chi connectivity index (χ1n) is 6.10. The molecule has 0 N–H and O–H groups in total. The molecule has 1 aromatic rings. The highest BCUT2D eigenvalue weighted by atomic mass is 16.6. The first kappa shape index (κ1) is 15.7. The Labute approximate surface area is 117 Å². The molecule has 0 saturated heterocycles. The zero-order valence-corrected chi connectivity index (χ0v) is 11.5. The third-order valence-corrected chi connectivity index (χ3v) is 2.41. The van der Waals surface area contributed by atoms with Gasteiger partial charge in [0.1, 0.15) is 0 Å². The van der Waals surface area contributed by atoms with Gasteiger partial charge in [-0.15, -0.1) is 0 Å². The van der Waals surface area contributed by atoms with E-state index >= 15 is 0 Å². The van der Waals surface area contributed by atoms with Crippen LogP contribution in [0.25, 0.3) is 0 Å². The van der Waals surface area contributed by atoms with E-state index in [0.717, 1.165) is 5.56 Å². The number of carbonyl (C=O) groups is 1.